The summed E-state index contributed by atoms with van der Waals surface area (Å²) in [4.78, 5) is 11.8. The second-order valence-electron chi connectivity index (χ2n) is 7.28. The Kier molecular flexibility index (Phi) is 5.71. The molecule has 4 unspecified atom stereocenters. The van der Waals surface area contributed by atoms with Gasteiger partial charge in [-0.2, -0.15) is 26.3 Å². The molecule has 0 spiro atoms. The molecular formula is C17H22F6O3. The Morgan fingerprint density at radius 3 is 1.92 bits per heavy atom. The molecule has 26 heavy (non-hydrogen) atoms. The Labute approximate surface area is 147 Å². The van der Waals surface area contributed by atoms with Crippen molar-refractivity contribution < 1.29 is 41.0 Å². The number of hydrogen-bond donors (Lipinski definition) is 1. The van der Waals surface area contributed by atoms with Crippen molar-refractivity contribution in [2.24, 2.45) is 17.8 Å². The lowest BCUT2D eigenvalue weighted by molar-refractivity contribution is -0.394. The van der Waals surface area contributed by atoms with Crippen molar-refractivity contribution in [1.82, 2.24) is 0 Å². The number of halogens is 6. The average molecular weight is 388 g/mol. The molecule has 2 aliphatic carbocycles. The average Bonchev–Trinajstić information content (AvgIpc) is 2.52. The van der Waals surface area contributed by atoms with Gasteiger partial charge in [0.15, 0.2) is 0 Å². The van der Waals surface area contributed by atoms with E-state index in [1.54, 1.807) is 0 Å². The fourth-order valence-corrected chi connectivity index (χ4v) is 4.41. The topological polar surface area (TPSA) is 46.5 Å². The lowest BCUT2D eigenvalue weighted by atomic mass is 9.59. The van der Waals surface area contributed by atoms with Crippen LogP contribution in [0.5, 0.6) is 0 Å². The zero-order valence-electron chi connectivity index (χ0n) is 14.3. The monoisotopic (exact) mass is 388 g/mol. The van der Waals surface area contributed by atoms with Crippen molar-refractivity contribution in [1.29, 1.82) is 0 Å². The van der Waals surface area contributed by atoms with E-state index in [-0.39, 0.29) is 18.4 Å². The third-order valence-corrected chi connectivity index (χ3v) is 5.64. The van der Waals surface area contributed by atoms with E-state index in [2.05, 4.69) is 6.58 Å². The van der Waals surface area contributed by atoms with Gasteiger partial charge in [0.1, 0.15) is 6.10 Å². The maximum Gasteiger partial charge on any atom is 0.426 e. The van der Waals surface area contributed by atoms with Crippen LogP contribution in [0.3, 0.4) is 0 Å². The molecule has 2 saturated carbocycles. The highest BCUT2D eigenvalue weighted by Crippen LogP contribution is 2.57. The summed E-state index contributed by atoms with van der Waals surface area (Å²) < 4.78 is 85.0. The Hall–Kier alpha value is -1.25. The third-order valence-electron chi connectivity index (χ3n) is 5.64. The zero-order valence-corrected chi connectivity index (χ0v) is 14.3. The number of esters is 1. The number of ether oxygens (including phenoxy) is 1. The van der Waals surface area contributed by atoms with Crippen LogP contribution < -0.4 is 0 Å². The summed E-state index contributed by atoms with van der Waals surface area (Å²) in [5, 5.41) is 9.83. The number of hydrogen-bond acceptors (Lipinski definition) is 3. The molecule has 0 aromatic rings. The van der Waals surface area contributed by atoms with Crippen molar-refractivity contribution in [2.75, 3.05) is 0 Å². The molecule has 0 amide bonds. The predicted octanol–water partition coefficient (Wildman–Crippen LogP) is 4.55. The molecule has 0 aliphatic heterocycles. The van der Waals surface area contributed by atoms with Crippen LogP contribution >= 0.6 is 0 Å². The highest BCUT2D eigenvalue weighted by molar-refractivity contribution is 5.87. The summed E-state index contributed by atoms with van der Waals surface area (Å²) in [6.07, 6.45) is -11.5. The number of carbonyl (C=O) groups excluding carboxylic acids is 1. The van der Waals surface area contributed by atoms with Gasteiger partial charge in [-0.05, 0) is 44.4 Å². The van der Waals surface area contributed by atoms with Gasteiger partial charge in [0.2, 0.25) is 0 Å². The van der Waals surface area contributed by atoms with E-state index in [4.69, 9.17) is 4.74 Å². The molecule has 2 aliphatic rings. The smallest absolute Gasteiger partial charge is 0.426 e. The van der Waals surface area contributed by atoms with Crippen LogP contribution in [0.1, 0.15) is 45.4 Å². The predicted molar refractivity (Wildman–Crippen MR) is 79.9 cm³/mol. The maximum absolute atomic E-state index is 13.3. The number of alkyl halides is 6. The molecule has 0 radical (unpaired) electrons. The SMILES string of the molecule is C=C(C)C(=O)OC1CCC(C(O)(C(F)(F)F)C(F)(F)F)C2CCCCC12. The molecule has 2 rings (SSSR count). The minimum absolute atomic E-state index is 0.113. The molecule has 0 aromatic heterocycles. The first-order valence-corrected chi connectivity index (χ1v) is 8.53. The van der Waals surface area contributed by atoms with Gasteiger partial charge in [-0.1, -0.05) is 19.4 Å². The number of fused-ring (bicyclic) bond motifs is 1. The van der Waals surface area contributed by atoms with Gasteiger partial charge in [-0.3, -0.25) is 0 Å². The van der Waals surface area contributed by atoms with Crippen molar-refractivity contribution >= 4 is 5.97 Å². The van der Waals surface area contributed by atoms with Gasteiger partial charge >= 0.3 is 18.3 Å². The molecule has 1 N–H and O–H groups in total. The van der Waals surface area contributed by atoms with Crippen molar-refractivity contribution in [3.63, 3.8) is 0 Å². The third kappa shape index (κ3) is 3.59. The van der Waals surface area contributed by atoms with Crippen LogP contribution in [0.15, 0.2) is 12.2 Å². The van der Waals surface area contributed by atoms with E-state index in [1.807, 2.05) is 0 Å². The van der Waals surface area contributed by atoms with Crippen LogP contribution in [-0.4, -0.2) is 35.1 Å². The Bertz CT molecular complexity index is 540. The van der Waals surface area contributed by atoms with E-state index < -0.39 is 54.2 Å². The maximum atomic E-state index is 13.3. The number of aliphatic hydroxyl groups is 1. The van der Waals surface area contributed by atoms with E-state index in [0.717, 1.165) is 0 Å². The quantitative estimate of drug-likeness (QED) is 0.439. The van der Waals surface area contributed by atoms with Crippen LogP contribution in [0, 0.1) is 17.8 Å². The fraction of sp³-hybridized carbons (Fsp3) is 0.824. The van der Waals surface area contributed by atoms with Crippen LogP contribution in [0.2, 0.25) is 0 Å². The van der Waals surface area contributed by atoms with E-state index >= 15 is 0 Å². The zero-order chi connectivity index (χ0) is 19.9. The molecule has 3 nitrogen and oxygen atoms in total. The van der Waals surface area contributed by atoms with Gasteiger partial charge in [0.25, 0.3) is 5.60 Å². The minimum atomic E-state index is -5.83. The summed E-state index contributed by atoms with van der Waals surface area (Å²) in [5.74, 6) is -4.37. The summed E-state index contributed by atoms with van der Waals surface area (Å²) in [6, 6.07) is 0. The van der Waals surface area contributed by atoms with Crippen LogP contribution in [-0.2, 0) is 9.53 Å². The molecule has 0 saturated heterocycles. The molecule has 2 fully saturated rings. The lowest BCUT2D eigenvalue weighted by Gasteiger charge is -2.51. The number of rotatable bonds is 3. The van der Waals surface area contributed by atoms with Crippen molar-refractivity contribution in [2.45, 2.75) is 69.5 Å². The summed E-state index contributed by atoms with van der Waals surface area (Å²) in [6.45, 7) is 4.85. The molecule has 9 heteroatoms. The highest BCUT2D eigenvalue weighted by Gasteiger charge is 2.75. The van der Waals surface area contributed by atoms with Crippen molar-refractivity contribution in [3.05, 3.63) is 12.2 Å². The van der Waals surface area contributed by atoms with E-state index in [1.165, 1.54) is 6.92 Å². The first kappa shape index (κ1) is 21.1. The molecule has 0 aromatic carbocycles. The lowest BCUT2D eigenvalue weighted by Crippen LogP contribution is -2.65. The summed E-state index contributed by atoms with van der Waals surface area (Å²) >= 11 is 0. The second kappa shape index (κ2) is 7.05. The van der Waals surface area contributed by atoms with Gasteiger partial charge < -0.3 is 9.84 Å². The second-order valence-corrected chi connectivity index (χ2v) is 7.28. The highest BCUT2D eigenvalue weighted by atomic mass is 19.4. The van der Waals surface area contributed by atoms with Gasteiger partial charge in [0.05, 0.1) is 0 Å². The van der Waals surface area contributed by atoms with Gasteiger partial charge in [-0.15, -0.1) is 0 Å². The normalized spacial score (nSPS) is 30.5. The first-order valence-electron chi connectivity index (χ1n) is 8.53. The number of carbonyl (C=O) groups is 1. The first-order chi connectivity index (χ1) is 11.8. The van der Waals surface area contributed by atoms with Crippen molar-refractivity contribution in [3.8, 4) is 0 Å². The van der Waals surface area contributed by atoms with Gasteiger partial charge in [-0.25, -0.2) is 4.79 Å². The molecular weight excluding hydrogens is 366 g/mol. The minimum Gasteiger partial charge on any atom is -0.459 e. The standard InChI is InChI=1S/C17H22F6O3/c1-9(2)14(24)26-13-8-7-12(10-5-3-4-6-11(10)13)15(25,16(18,19)20)17(21,22)23/h10-13,25H,1,3-8H2,2H3. The molecule has 0 bridgehead atoms. The fourth-order valence-electron chi connectivity index (χ4n) is 4.41. The van der Waals surface area contributed by atoms with E-state index in [9.17, 15) is 36.2 Å². The molecule has 0 heterocycles. The largest absolute Gasteiger partial charge is 0.459 e. The summed E-state index contributed by atoms with van der Waals surface area (Å²) in [5.41, 5.74) is -4.65. The molecule has 150 valence electrons. The summed E-state index contributed by atoms with van der Waals surface area (Å²) in [7, 11) is 0. The Morgan fingerprint density at radius 1 is 0.962 bits per heavy atom. The van der Waals surface area contributed by atoms with Gasteiger partial charge in [0, 0.05) is 11.5 Å². The molecule has 4 atom stereocenters. The van der Waals surface area contributed by atoms with E-state index in [0.29, 0.717) is 19.3 Å². The Balaban J connectivity index is 2.35. The Morgan fingerprint density at radius 2 is 1.46 bits per heavy atom. The van der Waals surface area contributed by atoms with Crippen LogP contribution in [0.4, 0.5) is 26.3 Å². The van der Waals surface area contributed by atoms with Crippen LogP contribution in [0.25, 0.3) is 0 Å².